The van der Waals surface area contributed by atoms with Crippen molar-refractivity contribution >= 4 is 15.9 Å². The van der Waals surface area contributed by atoms with Crippen molar-refractivity contribution in [2.75, 3.05) is 20.2 Å². The topological polar surface area (TPSA) is 38.5 Å². The maximum Gasteiger partial charge on any atom is 0.119 e. The third-order valence-electron chi connectivity index (χ3n) is 4.48. The number of rotatable bonds is 6. The van der Waals surface area contributed by atoms with Gasteiger partial charge in [-0.1, -0.05) is 35.7 Å². The first-order chi connectivity index (χ1) is 10.2. The zero-order chi connectivity index (χ0) is 15.2. The summed E-state index contributed by atoms with van der Waals surface area (Å²) in [4.78, 5) is 2.62. The smallest absolute Gasteiger partial charge is 0.119 e. The summed E-state index contributed by atoms with van der Waals surface area (Å²) in [7, 11) is 1.71. The van der Waals surface area contributed by atoms with E-state index >= 15 is 0 Å². The van der Waals surface area contributed by atoms with E-state index in [2.05, 4.69) is 39.9 Å². The van der Waals surface area contributed by atoms with Gasteiger partial charge in [-0.15, -0.1) is 0 Å². The number of hydrogen-bond donors (Lipinski definition) is 1. The van der Waals surface area contributed by atoms with Gasteiger partial charge >= 0.3 is 0 Å². The molecule has 2 unspecified atom stereocenters. The molecule has 1 aliphatic heterocycles. The molecule has 0 aliphatic carbocycles. The van der Waals surface area contributed by atoms with Gasteiger partial charge in [0.15, 0.2) is 0 Å². The number of hydrogen-bond acceptors (Lipinski definition) is 3. The van der Waals surface area contributed by atoms with E-state index in [0.29, 0.717) is 12.6 Å². The molecule has 1 aromatic rings. The van der Waals surface area contributed by atoms with Crippen molar-refractivity contribution in [1.82, 2.24) is 4.90 Å². The fourth-order valence-corrected chi connectivity index (χ4v) is 3.93. The van der Waals surface area contributed by atoms with Gasteiger partial charge in [-0.25, -0.2) is 0 Å². The van der Waals surface area contributed by atoms with Crippen molar-refractivity contribution < 1.29 is 4.74 Å². The normalized spacial score (nSPS) is 21.2. The Bertz CT molecular complexity index is 450. The minimum absolute atomic E-state index is 0.270. The number of nitrogens with two attached hydrogens (primary N) is 1. The summed E-state index contributed by atoms with van der Waals surface area (Å²) < 4.78 is 6.51. The van der Waals surface area contributed by atoms with Crippen LogP contribution in [0.5, 0.6) is 5.75 Å². The van der Waals surface area contributed by atoms with Crippen LogP contribution >= 0.6 is 15.9 Å². The molecule has 2 atom stereocenters. The lowest BCUT2D eigenvalue weighted by atomic mass is 9.93. The van der Waals surface area contributed by atoms with Crippen LogP contribution in [0.2, 0.25) is 0 Å². The Morgan fingerprint density at radius 1 is 1.43 bits per heavy atom. The molecule has 0 radical (unpaired) electrons. The van der Waals surface area contributed by atoms with E-state index in [9.17, 15) is 0 Å². The SMILES string of the molecule is CCCC1CCCCN1C(CN)c1cc(OC)ccc1Br. The maximum absolute atomic E-state index is 6.15. The van der Waals surface area contributed by atoms with Crippen LogP contribution in [0.25, 0.3) is 0 Å². The number of piperidine rings is 1. The molecule has 0 saturated carbocycles. The summed E-state index contributed by atoms with van der Waals surface area (Å²) in [6.45, 7) is 4.06. The zero-order valence-electron chi connectivity index (χ0n) is 13.1. The average Bonchev–Trinajstić information content (AvgIpc) is 2.51. The number of benzene rings is 1. The van der Waals surface area contributed by atoms with Gasteiger partial charge < -0.3 is 10.5 Å². The third-order valence-corrected chi connectivity index (χ3v) is 5.20. The van der Waals surface area contributed by atoms with Crippen LogP contribution in [0.4, 0.5) is 0 Å². The molecule has 21 heavy (non-hydrogen) atoms. The fraction of sp³-hybridized carbons (Fsp3) is 0.647. The van der Waals surface area contributed by atoms with Crippen LogP contribution in [0.3, 0.4) is 0 Å². The summed E-state index contributed by atoms with van der Waals surface area (Å²) in [6.07, 6.45) is 6.41. The Labute approximate surface area is 137 Å². The van der Waals surface area contributed by atoms with Crippen molar-refractivity contribution in [2.45, 2.75) is 51.1 Å². The van der Waals surface area contributed by atoms with E-state index in [1.807, 2.05) is 6.07 Å². The van der Waals surface area contributed by atoms with Gasteiger partial charge in [0, 0.05) is 23.1 Å². The standard InChI is InChI=1S/C17H27BrN2O/c1-3-6-13-7-4-5-10-20(13)17(12-19)15-11-14(21-2)8-9-16(15)18/h8-9,11,13,17H,3-7,10,12,19H2,1-2H3. The summed E-state index contributed by atoms with van der Waals surface area (Å²) >= 11 is 3.69. The molecule has 1 fully saturated rings. The lowest BCUT2D eigenvalue weighted by Gasteiger charge is -2.41. The number of methoxy groups -OCH3 is 1. The van der Waals surface area contributed by atoms with Crippen molar-refractivity contribution in [3.05, 3.63) is 28.2 Å². The summed E-state index contributed by atoms with van der Waals surface area (Å²) in [5, 5.41) is 0. The van der Waals surface area contributed by atoms with E-state index in [-0.39, 0.29) is 6.04 Å². The predicted molar refractivity (Wildman–Crippen MR) is 91.7 cm³/mol. The van der Waals surface area contributed by atoms with E-state index in [4.69, 9.17) is 10.5 Å². The molecule has 1 aliphatic rings. The Kier molecular flexibility index (Phi) is 6.52. The highest BCUT2D eigenvalue weighted by molar-refractivity contribution is 9.10. The zero-order valence-corrected chi connectivity index (χ0v) is 14.7. The molecule has 3 nitrogen and oxygen atoms in total. The molecule has 118 valence electrons. The lowest BCUT2D eigenvalue weighted by Crippen LogP contribution is -2.44. The molecule has 4 heteroatoms. The van der Waals surface area contributed by atoms with Crippen molar-refractivity contribution in [1.29, 1.82) is 0 Å². The highest BCUT2D eigenvalue weighted by Crippen LogP contribution is 2.35. The van der Waals surface area contributed by atoms with Crippen molar-refractivity contribution in [3.63, 3.8) is 0 Å². The lowest BCUT2D eigenvalue weighted by molar-refractivity contribution is 0.0908. The molecular weight excluding hydrogens is 328 g/mol. The Morgan fingerprint density at radius 3 is 2.90 bits per heavy atom. The summed E-state index contributed by atoms with van der Waals surface area (Å²) in [5.74, 6) is 0.899. The first kappa shape index (κ1) is 16.8. The molecule has 1 aromatic carbocycles. The minimum atomic E-state index is 0.270. The van der Waals surface area contributed by atoms with Gasteiger partial charge in [-0.3, -0.25) is 4.90 Å². The van der Waals surface area contributed by atoms with Gasteiger partial charge in [0.2, 0.25) is 0 Å². The highest BCUT2D eigenvalue weighted by atomic mass is 79.9. The van der Waals surface area contributed by atoms with Gasteiger partial charge in [0.05, 0.1) is 7.11 Å². The van der Waals surface area contributed by atoms with Crippen molar-refractivity contribution in [2.24, 2.45) is 5.73 Å². The van der Waals surface area contributed by atoms with Gasteiger partial charge in [0.1, 0.15) is 5.75 Å². The second kappa shape index (κ2) is 8.16. The molecule has 0 amide bonds. The number of halogens is 1. The average molecular weight is 355 g/mol. The second-order valence-electron chi connectivity index (χ2n) is 5.82. The number of ether oxygens (including phenoxy) is 1. The number of nitrogens with zero attached hydrogens (tertiary/aromatic N) is 1. The first-order valence-electron chi connectivity index (χ1n) is 8.00. The largest absolute Gasteiger partial charge is 0.497 e. The molecule has 2 rings (SSSR count). The van der Waals surface area contributed by atoms with Gasteiger partial charge in [-0.05, 0) is 49.6 Å². The summed E-state index contributed by atoms with van der Waals surface area (Å²) in [6, 6.07) is 7.11. The summed E-state index contributed by atoms with van der Waals surface area (Å²) in [5.41, 5.74) is 7.40. The van der Waals surface area contributed by atoms with Gasteiger partial charge in [-0.2, -0.15) is 0 Å². The molecule has 0 spiro atoms. The van der Waals surface area contributed by atoms with Crippen LogP contribution in [-0.2, 0) is 0 Å². The van der Waals surface area contributed by atoms with E-state index < -0.39 is 0 Å². The van der Waals surface area contributed by atoms with Crippen LogP contribution in [-0.4, -0.2) is 31.1 Å². The predicted octanol–water partition coefficient (Wildman–Crippen LogP) is 4.11. The molecular formula is C17H27BrN2O. The highest BCUT2D eigenvalue weighted by Gasteiger charge is 2.29. The minimum Gasteiger partial charge on any atom is -0.497 e. The Hall–Kier alpha value is -0.580. The van der Waals surface area contributed by atoms with Crippen LogP contribution < -0.4 is 10.5 Å². The molecule has 0 bridgehead atoms. The van der Waals surface area contributed by atoms with Gasteiger partial charge in [0.25, 0.3) is 0 Å². The van der Waals surface area contributed by atoms with Crippen molar-refractivity contribution in [3.8, 4) is 5.75 Å². The third kappa shape index (κ3) is 3.99. The quantitative estimate of drug-likeness (QED) is 0.835. The molecule has 2 N–H and O–H groups in total. The number of likely N-dealkylation sites (tertiary alicyclic amines) is 1. The van der Waals surface area contributed by atoms with Crippen LogP contribution in [0, 0.1) is 0 Å². The fourth-order valence-electron chi connectivity index (χ4n) is 3.42. The second-order valence-corrected chi connectivity index (χ2v) is 6.67. The molecule has 1 heterocycles. The molecule has 1 saturated heterocycles. The Morgan fingerprint density at radius 2 is 2.24 bits per heavy atom. The van der Waals surface area contributed by atoms with E-state index in [1.54, 1.807) is 7.11 Å². The van der Waals surface area contributed by atoms with Crippen LogP contribution in [0.1, 0.15) is 50.6 Å². The first-order valence-corrected chi connectivity index (χ1v) is 8.79. The van der Waals surface area contributed by atoms with E-state index in [0.717, 1.165) is 16.8 Å². The monoisotopic (exact) mass is 354 g/mol. The van der Waals surface area contributed by atoms with Crippen LogP contribution in [0.15, 0.2) is 22.7 Å². The van der Waals surface area contributed by atoms with E-state index in [1.165, 1.54) is 37.7 Å². The Balaban J connectivity index is 2.28. The maximum atomic E-state index is 6.15. The molecule has 0 aromatic heterocycles.